The van der Waals surface area contributed by atoms with E-state index in [2.05, 4.69) is 16.0 Å². The Kier molecular flexibility index (Phi) is 14.0. The lowest BCUT2D eigenvalue weighted by atomic mass is 9.90. The van der Waals surface area contributed by atoms with Crippen molar-refractivity contribution < 1.29 is 39.0 Å². The van der Waals surface area contributed by atoms with Crippen molar-refractivity contribution in [1.29, 1.82) is 0 Å². The largest absolute Gasteiger partial charge is 0.478 e. The lowest BCUT2D eigenvalue weighted by Gasteiger charge is -2.24. The van der Waals surface area contributed by atoms with Crippen molar-refractivity contribution in [3.05, 3.63) is 53.2 Å². The number of halogens is 4. The SMILES string of the molecule is CNC(=O)c1c(I)c(C(=O)NCC(=O)Cc2c(C)c(C(=O)O)c(C)c(C(=O)NCCO)c2I)c(I)c(N(C)C(C)=O)c1I. The van der Waals surface area contributed by atoms with E-state index >= 15 is 0 Å². The molecule has 2 aromatic carbocycles. The molecule has 0 aliphatic rings. The van der Waals surface area contributed by atoms with Gasteiger partial charge in [0.15, 0.2) is 5.78 Å². The Hall–Kier alpha value is -1.66. The van der Waals surface area contributed by atoms with Crippen molar-refractivity contribution in [2.24, 2.45) is 0 Å². The second-order valence-electron chi connectivity index (χ2n) is 9.17. The summed E-state index contributed by atoms with van der Waals surface area (Å²) in [5, 5.41) is 26.6. The fourth-order valence-corrected chi connectivity index (χ4v) is 10.4. The number of hydrogen-bond acceptors (Lipinski definition) is 7. The number of carboxylic acid groups (broad SMARTS) is 1. The van der Waals surface area contributed by atoms with E-state index in [1.165, 1.54) is 32.8 Å². The molecule has 0 saturated carbocycles. The standard InChI is InChI=1S/C27H28I4N4O8/c1-10-14(19(28)16(25(40)33-6-7-36)11(2)15(10)27(42)43)8-13(38)9-34-26(41)18-20(29)17(24(39)32-4)21(30)23(22(18)31)35(5)12(3)37/h36H,6-9H2,1-5H3,(H,32,39)(H,33,40)(H,34,41)(H,42,43). The fourth-order valence-electron chi connectivity index (χ4n) is 4.25. The third kappa shape index (κ3) is 8.14. The van der Waals surface area contributed by atoms with Crippen LogP contribution in [0.5, 0.6) is 0 Å². The maximum absolute atomic E-state index is 13.5. The van der Waals surface area contributed by atoms with E-state index in [-0.39, 0.29) is 53.3 Å². The van der Waals surface area contributed by atoms with Gasteiger partial charge in [0.25, 0.3) is 17.7 Å². The smallest absolute Gasteiger partial charge is 0.336 e. The molecule has 43 heavy (non-hydrogen) atoms. The number of rotatable bonds is 11. The van der Waals surface area contributed by atoms with Gasteiger partial charge in [0, 0.05) is 41.1 Å². The number of aromatic carboxylic acids is 1. The molecular weight excluding hydrogens is 1020 g/mol. The second kappa shape index (κ2) is 16.1. The molecule has 16 heteroatoms. The molecule has 5 N–H and O–H groups in total. The molecule has 0 saturated heterocycles. The van der Waals surface area contributed by atoms with E-state index in [0.717, 1.165) is 0 Å². The van der Waals surface area contributed by atoms with Crippen LogP contribution in [0, 0.1) is 28.1 Å². The number of carboxylic acids is 1. The quantitative estimate of drug-likeness (QED) is 0.213. The van der Waals surface area contributed by atoms with Gasteiger partial charge in [-0.2, -0.15) is 0 Å². The lowest BCUT2D eigenvalue weighted by molar-refractivity contribution is -0.117. The van der Waals surface area contributed by atoms with Crippen molar-refractivity contribution in [3.8, 4) is 0 Å². The van der Waals surface area contributed by atoms with E-state index in [9.17, 15) is 33.9 Å². The molecule has 0 fully saturated rings. The number of aliphatic hydroxyl groups is 1. The van der Waals surface area contributed by atoms with Crippen LogP contribution in [0.15, 0.2) is 0 Å². The summed E-state index contributed by atoms with van der Waals surface area (Å²) in [6.45, 7) is 3.65. The van der Waals surface area contributed by atoms with Crippen LogP contribution in [0.2, 0.25) is 0 Å². The monoisotopic (exact) mass is 1040 g/mol. The average Bonchev–Trinajstić information content (AvgIpc) is 2.92. The number of ketones is 1. The van der Waals surface area contributed by atoms with Gasteiger partial charge in [-0.05, 0) is 121 Å². The highest BCUT2D eigenvalue weighted by molar-refractivity contribution is 14.1. The van der Waals surface area contributed by atoms with Crippen LogP contribution in [0.4, 0.5) is 5.69 Å². The van der Waals surface area contributed by atoms with E-state index in [1.807, 2.05) is 90.4 Å². The number of amides is 4. The highest BCUT2D eigenvalue weighted by atomic mass is 127. The van der Waals surface area contributed by atoms with Gasteiger partial charge >= 0.3 is 5.97 Å². The molecule has 2 rings (SSSR count). The van der Waals surface area contributed by atoms with Crippen molar-refractivity contribution in [2.45, 2.75) is 27.2 Å². The summed E-state index contributed by atoms with van der Waals surface area (Å²) in [6, 6.07) is 0. The number of Topliss-reactive ketones (excluding diaryl/α,β-unsaturated/α-hetero) is 1. The molecule has 0 bridgehead atoms. The van der Waals surface area contributed by atoms with Crippen LogP contribution in [-0.4, -0.2) is 79.4 Å². The van der Waals surface area contributed by atoms with Crippen LogP contribution in [0.3, 0.4) is 0 Å². The molecular formula is C27H28I4N4O8. The highest BCUT2D eigenvalue weighted by Gasteiger charge is 2.31. The first-order chi connectivity index (χ1) is 20.0. The minimum absolute atomic E-state index is 0.0351. The zero-order valence-electron chi connectivity index (χ0n) is 23.6. The first-order valence-electron chi connectivity index (χ1n) is 12.4. The molecule has 232 valence electrons. The summed E-state index contributed by atoms with van der Waals surface area (Å²) in [7, 11) is 2.98. The van der Waals surface area contributed by atoms with Crippen LogP contribution in [0.25, 0.3) is 0 Å². The third-order valence-electron chi connectivity index (χ3n) is 6.50. The normalized spacial score (nSPS) is 10.7. The van der Waals surface area contributed by atoms with Gasteiger partial charge in [-0.25, -0.2) is 4.79 Å². The molecule has 0 aromatic heterocycles. The van der Waals surface area contributed by atoms with Gasteiger partial charge in [0.2, 0.25) is 5.91 Å². The Labute approximate surface area is 302 Å². The topological polar surface area (TPSA) is 182 Å². The zero-order chi connectivity index (χ0) is 32.9. The summed E-state index contributed by atoms with van der Waals surface area (Å²) < 4.78 is 1.62. The second-order valence-corrected chi connectivity index (χ2v) is 13.5. The number of nitrogens with zero attached hydrogens (tertiary/aromatic N) is 1. The predicted molar refractivity (Wildman–Crippen MR) is 193 cm³/mol. The zero-order valence-corrected chi connectivity index (χ0v) is 32.3. The van der Waals surface area contributed by atoms with Gasteiger partial charge < -0.3 is 31.1 Å². The molecule has 4 amide bonds. The number of anilines is 1. The number of benzene rings is 2. The number of carbonyl (C=O) groups excluding carboxylic acids is 5. The Morgan fingerprint density at radius 3 is 1.79 bits per heavy atom. The summed E-state index contributed by atoms with van der Waals surface area (Å²) >= 11 is 7.68. The third-order valence-corrected chi connectivity index (χ3v) is 10.9. The van der Waals surface area contributed by atoms with Crippen molar-refractivity contribution >= 4 is 131 Å². The first kappa shape index (κ1) is 37.5. The van der Waals surface area contributed by atoms with Crippen molar-refractivity contribution in [3.63, 3.8) is 0 Å². The van der Waals surface area contributed by atoms with Gasteiger partial charge in [0.05, 0.1) is 48.2 Å². The molecule has 0 unspecified atom stereocenters. The number of hydrogen-bond donors (Lipinski definition) is 5. The lowest BCUT2D eigenvalue weighted by Crippen LogP contribution is -2.34. The maximum Gasteiger partial charge on any atom is 0.336 e. The highest BCUT2D eigenvalue weighted by Crippen LogP contribution is 2.37. The van der Waals surface area contributed by atoms with Crippen LogP contribution in [-0.2, 0) is 16.0 Å². The summed E-state index contributed by atoms with van der Waals surface area (Å²) in [4.78, 5) is 77.8. The van der Waals surface area contributed by atoms with Crippen molar-refractivity contribution in [2.75, 3.05) is 38.7 Å². The Balaban J connectivity index is 2.50. The summed E-state index contributed by atoms with van der Waals surface area (Å²) in [5.74, 6) is -3.71. The van der Waals surface area contributed by atoms with Crippen molar-refractivity contribution in [1.82, 2.24) is 16.0 Å². The average molecular weight is 1040 g/mol. The van der Waals surface area contributed by atoms with Gasteiger partial charge in [-0.3, -0.25) is 24.0 Å². The molecule has 0 aliphatic carbocycles. The van der Waals surface area contributed by atoms with Crippen LogP contribution >= 0.6 is 90.4 Å². The van der Waals surface area contributed by atoms with E-state index < -0.39 is 36.0 Å². The minimum Gasteiger partial charge on any atom is -0.478 e. The molecule has 0 heterocycles. The summed E-state index contributed by atoms with van der Waals surface area (Å²) in [6.07, 6.45) is -0.270. The minimum atomic E-state index is -1.26. The Bertz CT molecular complexity index is 1540. The van der Waals surface area contributed by atoms with E-state index in [4.69, 9.17) is 5.11 Å². The molecule has 0 aliphatic heterocycles. The molecule has 12 nitrogen and oxygen atoms in total. The number of carbonyl (C=O) groups is 6. The Morgan fingerprint density at radius 1 is 0.767 bits per heavy atom. The summed E-state index contributed by atoms with van der Waals surface area (Å²) in [5.41, 5.74) is 1.58. The molecule has 0 atom stereocenters. The Morgan fingerprint density at radius 2 is 1.30 bits per heavy atom. The van der Waals surface area contributed by atoms with Gasteiger partial charge in [0.1, 0.15) is 0 Å². The molecule has 0 spiro atoms. The van der Waals surface area contributed by atoms with Gasteiger partial charge in [-0.1, -0.05) is 0 Å². The van der Waals surface area contributed by atoms with E-state index in [0.29, 0.717) is 31.1 Å². The van der Waals surface area contributed by atoms with E-state index in [1.54, 1.807) is 6.92 Å². The molecule has 0 radical (unpaired) electrons. The number of nitrogens with one attached hydrogen (secondary N) is 3. The van der Waals surface area contributed by atoms with Crippen LogP contribution in [0.1, 0.15) is 65.0 Å². The van der Waals surface area contributed by atoms with Gasteiger partial charge in [-0.15, -0.1) is 0 Å². The fraction of sp³-hybridized carbons (Fsp3) is 0.333. The number of aliphatic hydroxyl groups excluding tert-OH is 1. The van der Waals surface area contributed by atoms with Crippen LogP contribution < -0.4 is 20.9 Å². The predicted octanol–water partition coefficient (Wildman–Crippen LogP) is 3.03. The first-order valence-corrected chi connectivity index (χ1v) is 16.7. The maximum atomic E-state index is 13.5. The molecule has 2 aromatic rings.